The third-order valence-corrected chi connectivity index (χ3v) is 7.20. The second-order valence-corrected chi connectivity index (χ2v) is 9.90. The monoisotopic (exact) mass is 498 g/mol. The zero-order valence-electron chi connectivity index (χ0n) is 20.5. The lowest BCUT2D eigenvalue weighted by Crippen LogP contribution is -2.27. The SMILES string of the molecule is CCOc1ccc(C(=O)Nc2ccc(OC)c(OC)c2)cc1CN(C)S(=O)(=O)c1ccc(C)cc1. The fourth-order valence-electron chi connectivity index (χ4n) is 3.47. The van der Waals surface area contributed by atoms with Crippen molar-refractivity contribution in [2.45, 2.75) is 25.3 Å². The Kier molecular flexibility index (Phi) is 8.37. The van der Waals surface area contributed by atoms with Gasteiger partial charge in [-0.15, -0.1) is 0 Å². The van der Waals surface area contributed by atoms with Gasteiger partial charge in [-0.3, -0.25) is 4.79 Å². The Morgan fingerprint density at radius 2 is 1.57 bits per heavy atom. The predicted octanol–water partition coefficient (Wildman–Crippen LogP) is 4.48. The molecule has 186 valence electrons. The molecular weight excluding hydrogens is 468 g/mol. The molecular formula is C26H30N2O6S. The molecule has 0 aliphatic carbocycles. The number of ether oxygens (including phenoxy) is 3. The Morgan fingerprint density at radius 1 is 0.914 bits per heavy atom. The lowest BCUT2D eigenvalue weighted by atomic mass is 10.1. The van der Waals surface area contributed by atoms with E-state index in [1.54, 1.807) is 60.7 Å². The van der Waals surface area contributed by atoms with Crippen LogP contribution in [0.25, 0.3) is 0 Å². The van der Waals surface area contributed by atoms with Crippen LogP contribution in [0.3, 0.4) is 0 Å². The Bertz CT molecular complexity index is 1290. The molecule has 0 saturated heterocycles. The fraction of sp³-hybridized carbons (Fsp3) is 0.269. The van der Waals surface area contributed by atoms with Gasteiger partial charge in [0.1, 0.15) is 5.75 Å². The molecule has 0 radical (unpaired) electrons. The summed E-state index contributed by atoms with van der Waals surface area (Å²) in [5.41, 5.74) is 2.44. The summed E-state index contributed by atoms with van der Waals surface area (Å²) in [7, 11) is 0.824. The van der Waals surface area contributed by atoms with Crippen LogP contribution in [-0.2, 0) is 16.6 Å². The number of carbonyl (C=O) groups excluding carboxylic acids is 1. The van der Waals surface area contributed by atoms with Crippen LogP contribution in [0.15, 0.2) is 65.6 Å². The van der Waals surface area contributed by atoms with E-state index in [0.717, 1.165) is 5.56 Å². The van der Waals surface area contributed by atoms with Crippen molar-refractivity contribution in [2.24, 2.45) is 0 Å². The zero-order chi connectivity index (χ0) is 25.6. The van der Waals surface area contributed by atoms with Gasteiger partial charge < -0.3 is 19.5 Å². The van der Waals surface area contributed by atoms with Crippen molar-refractivity contribution in [3.8, 4) is 17.2 Å². The summed E-state index contributed by atoms with van der Waals surface area (Å²) >= 11 is 0. The third-order valence-electron chi connectivity index (χ3n) is 5.39. The molecule has 0 fully saturated rings. The topological polar surface area (TPSA) is 94.2 Å². The molecule has 0 saturated carbocycles. The average Bonchev–Trinajstić information content (AvgIpc) is 2.85. The summed E-state index contributed by atoms with van der Waals surface area (Å²) in [5.74, 6) is 1.19. The Labute approximate surface area is 206 Å². The number of hydrogen-bond donors (Lipinski definition) is 1. The van der Waals surface area contributed by atoms with E-state index in [4.69, 9.17) is 14.2 Å². The molecule has 1 N–H and O–H groups in total. The van der Waals surface area contributed by atoms with Crippen molar-refractivity contribution < 1.29 is 27.4 Å². The Morgan fingerprint density at radius 3 is 2.20 bits per heavy atom. The summed E-state index contributed by atoms with van der Waals surface area (Å²) in [4.78, 5) is 13.2. The quantitative estimate of drug-likeness (QED) is 0.443. The van der Waals surface area contributed by atoms with Gasteiger partial charge in [0.05, 0.1) is 25.7 Å². The Balaban J connectivity index is 1.86. The molecule has 0 aromatic heterocycles. The first-order valence-electron chi connectivity index (χ1n) is 11.0. The molecule has 35 heavy (non-hydrogen) atoms. The zero-order valence-corrected chi connectivity index (χ0v) is 21.3. The van der Waals surface area contributed by atoms with Gasteiger partial charge in [0, 0.05) is 36.5 Å². The van der Waals surface area contributed by atoms with Crippen molar-refractivity contribution in [1.29, 1.82) is 0 Å². The molecule has 3 aromatic carbocycles. The van der Waals surface area contributed by atoms with Crippen LogP contribution in [0.4, 0.5) is 5.69 Å². The molecule has 0 unspecified atom stereocenters. The van der Waals surface area contributed by atoms with Gasteiger partial charge in [-0.2, -0.15) is 4.31 Å². The fourth-order valence-corrected chi connectivity index (χ4v) is 4.62. The van der Waals surface area contributed by atoms with Gasteiger partial charge in [-0.05, 0) is 56.3 Å². The standard InChI is InChI=1S/C26H30N2O6S/c1-6-34-23-13-9-19(26(29)27-21-10-14-24(32-4)25(16-21)33-5)15-20(23)17-28(3)35(30,31)22-11-7-18(2)8-12-22/h7-16H,6,17H2,1-5H3,(H,27,29). The first-order chi connectivity index (χ1) is 16.7. The number of aryl methyl sites for hydroxylation is 1. The van der Waals surface area contributed by atoms with Crippen molar-refractivity contribution in [1.82, 2.24) is 4.31 Å². The molecule has 0 heterocycles. The van der Waals surface area contributed by atoms with Crippen LogP contribution in [0, 0.1) is 6.92 Å². The van der Waals surface area contributed by atoms with Gasteiger partial charge >= 0.3 is 0 Å². The summed E-state index contributed by atoms with van der Waals surface area (Å²) in [5, 5.41) is 2.83. The second kappa shape index (κ2) is 11.2. The van der Waals surface area contributed by atoms with Crippen LogP contribution >= 0.6 is 0 Å². The number of carbonyl (C=O) groups is 1. The van der Waals surface area contributed by atoms with E-state index >= 15 is 0 Å². The molecule has 0 spiro atoms. The van der Waals surface area contributed by atoms with Gasteiger partial charge in [-0.1, -0.05) is 17.7 Å². The first kappa shape index (κ1) is 26.1. The number of rotatable bonds is 10. The number of anilines is 1. The van der Waals surface area contributed by atoms with E-state index in [1.165, 1.54) is 25.6 Å². The molecule has 1 amide bonds. The minimum Gasteiger partial charge on any atom is -0.494 e. The maximum atomic E-state index is 13.1. The molecule has 0 atom stereocenters. The maximum Gasteiger partial charge on any atom is 0.255 e. The summed E-state index contributed by atoms with van der Waals surface area (Å²) in [6.07, 6.45) is 0. The number of benzene rings is 3. The van der Waals surface area contributed by atoms with Crippen molar-refractivity contribution in [3.05, 3.63) is 77.4 Å². The number of sulfonamides is 1. The molecule has 0 bridgehead atoms. The highest BCUT2D eigenvalue weighted by molar-refractivity contribution is 7.89. The van der Waals surface area contributed by atoms with Crippen LogP contribution in [0.5, 0.6) is 17.2 Å². The van der Waals surface area contributed by atoms with Crippen LogP contribution < -0.4 is 19.5 Å². The van der Waals surface area contributed by atoms with E-state index in [2.05, 4.69) is 5.32 Å². The highest BCUT2D eigenvalue weighted by Crippen LogP contribution is 2.30. The third kappa shape index (κ3) is 6.12. The number of nitrogens with zero attached hydrogens (tertiary/aromatic N) is 1. The molecule has 9 heteroatoms. The van der Waals surface area contributed by atoms with Crippen molar-refractivity contribution in [2.75, 3.05) is 33.2 Å². The van der Waals surface area contributed by atoms with Crippen molar-refractivity contribution >= 4 is 21.6 Å². The van der Waals surface area contributed by atoms with E-state index in [1.807, 2.05) is 13.8 Å². The lowest BCUT2D eigenvalue weighted by molar-refractivity contribution is 0.102. The van der Waals surface area contributed by atoms with Gasteiger partial charge in [-0.25, -0.2) is 8.42 Å². The number of hydrogen-bond acceptors (Lipinski definition) is 6. The normalized spacial score (nSPS) is 11.3. The summed E-state index contributed by atoms with van der Waals surface area (Å²) < 4.78 is 43.6. The first-order valence-corrected chi connectivity index (χ1v) is 12.5. The smallest absolute Gasteiger partial charge is 0.255 e. The second-order valence-electron chi connectivity index (χ2n) is 7.85. The molecule has 3 aromatic rings. The average molecular weight is 499 g/mol. The summed E-state index contributed by atoms with van der Waals surface area (Å²) in [6.45, 7) is 4.17. The van der Waals surface area contributed by atoms with Gasteiger partial charge in [0.2, 0.25) is 10.0 Å². The summed E-state index contributed by atoms with van der Waals surface area (Å²) in [6, 6.07) is 16.7. The van der Waals surface area contributed by atoms with Gasteiger partial charge in [0.15, 0.2) is 11.5 Å². The van der Waals surface area contributed by atoms with E-state index in [-0.39, 0.29) is 17.3 Å². The predicted molar refractivity (Wildman–Crippen MR) is 135 cm³/mol. The minimum atomic E-state index is -3.73. The number of nitrogens with one attached hydrogen (secondary N) is 1. The minimum absolute atomic E-state index is 0.0308. The largest absolute Gasteiger partial charge is 0.494 e. The number of methoxy groups -OCH3 is 2. The van der Waals surface area contributed by atoms with E-state index < -0.39 is 10.0 Å². The van der Waals surface area contributed by atoms with E-state index in [0.29, 0.717) is 40.7 Å². The van der Waals surface area contributed by atoms with Crippen LogP contribution in [0.1, 0.15) is 28.4 Å². The maximum absolute atomic E-state index is 13.1. The van der Waals surface area contributed by atoms with E-state index in [9.17, 15) is 13.2 Å². The molecule has 8 nitrogen and oxygen atoms in total. The highest BCUT2D eigenvalue weighted by atomic mass is 32.2. The van der Waals surface area contributed by atoms with Gasteiger partial charge in [0.25, 0.3) is 5.91 Å². The molecule has 3 rings (SSSR count). The molecule has 0 aliphatic rings. The van der Waals surface area contributed by atoms with Crippen molar-refractivity contribution in [3.63, 3.8) is 0 Å². The van der Waals surface area contributed by atoms with Crippen LogP contribution in [0.2, 0.25) is 0 Å². The lowest BCUT2D eigenvalue weighted by Gasteiger charge is -2.20. The molecule has 0 aliphatic heterocycles. The number of amides is 1. The van der Waals surface area contributed by atoms with Crippen LogP contribution in [-0.4, -0.2) is 46.5 Å². The Hall–Kier alpha value is -3.56. The highest BCUT2D eigenvalue weighted by Gasteiger charge is 2.23.